The SMILES string of the molecule is C[C@@]1(C#N)CC[C@H]2[C@H](CCC3[C@@H]2CC[C@]2(C)[C@@H](C(=O)c4ccc(-c5ccccc5)cc4)CC[C@@H]32)C1. The second-order valence-electron chi connectivity index (χ2n) is 12.8. The van der Waals surface area contributed by atoms with E-state index >= 15 is 0 Å². The number of hydrogen-bond acceptors (Lipinski definition) is 2. The van der Waals surface area contributed by atoms with E-state index in [2.05, 4.69) is 68.4 Å². The molecule has 0 N–H and O–H groups in total. The molecule has 6 rings (SSSR count). The van der Waals surface area contributed by atoms with Crippen LogP contribution >= 0.6 is 0 Å². The molecule has 182 valence electrons. The number of nitrogens with zero attached hydrogens (tertiary/aromatic N) is 1. The minimum atomic E-state index is -0.0991. The van der Waals surface area contributed by atoms with E-state index in [1.54, 1.807) is 0 Å². The Morgan fingerprint density at radius 2 is 1.51 bits per heavy atom. The molecule has 0 bridgehead atoms. The molecule has 8 atom stereocenters. The Balaban J connectivity index is 1.19. The van der Waals surface area contributed by atoms with Crippen LogP contribution in [0.4, 0.5) is 0 Å². The maximum Gasteiger partial charge on any atom is 0.166 e. The van der Waals surface area contributed by atoms with Crippen LogP contribution in [0.25, 0.3) is 11.1 Å². The zero-order valence-corrected chi connectivity index (χ0v) is 21.4. The highest BCUT2D eigenvalue weighted by molar-refractivity contribution is 5.99. The smallest absolute Gasteiger partial charge is 0.166 e. The quantitative estimate of drug-likeness (QED) is 0.427. The summed E-state index contributed by atoms with van der Waals surface area (Å²) < 4.78 is 0. The van der Waals surface area contributed by atoms with Crippen molar-refractivity contribution in [1.82, 2.24) is 0 Å². The van der Waals surface area contributed by atoms with Gasteiger partial charge in [0.1, 0.15) is 0 Å². The lowest BCUT2D eigenvalue weighted by Crippen LogP contribution is -2.50. The minimum Gasteiger partial charge on any atom is -0.294 e. The lowest BCUT2D eigenvalue weighted by molar-refractivity contribution is -0.0688. The molecule has 2 heteroatoms. The molecule has 4 aliphatic carbocycles. The average molecular weight is 466 g/mol. The highest BCUT2D eigenvalue weighted by Gasteiger charge is 2.58. The van der Waals surface area contributed by atoms with Gasteiger partial charge in [0.15, 0.2) is 5.78 Å². The van der Waals surface area contributed by atoms with Gasteiger partial charge in [-0.3, -0.25) is 4.79 Å². The van der Waals surface area contributed by atoms with Crippen LogP contribution in [0.1, 0.15) is 82.0 Å². The first-order valence-corrected chi connectivity index (χ1v) is 14.0. The van der Waals surface area contributed by atoms with Crippen molar-refractivity contribution >= 4 is 5.78 Å². The van der Waals surface area contributed by atoms with Gasteiger partial charge in [0.2, 0.25) is 0 Å². The summed E-state index contributed by atoms with van der Waals surface area (Å²) in [5.41, 5.74) is 3.32. The summed E-state index contributed by atoms with van der Waals surface area (Å²) in [6, 6.07) is 21.4. The molecule has 0 radical (unpaired) electrons. The summed E-state index contributed by atoms with van der Waals surface area (Å²) >= 11 is 0. The summed E-state index contributed by atoms with van der Waals surface area (Å²) in [6.07, 6.45) is 10.8. The maximum atomic E-state index is 13.8. The second kappa shape index (κ2) is 8.62. The van der Waals surface area contributed by atoms with Gasteiger partial charge >= 0.3 is 0 Å². The number of carbonyl (C=O) groups excluding carboxylic acids is 1. The molecular formula is C33H39NO. The number of carbonyl (C=O) groups is 1. The number of ketones is 1. The number of benzene rings is 2. The van der Waals surface area contributed by atoms with E-state index in [-0.39, 0.29) is 16.7 Å². The molecule has 2 aromatic rings. The van der Waals surface area contributed by atoms with Crippen LogP contribution in [0.5, 0.6) is 0 Å². The summed E-state index contributed by atoms with van der Waals surface area (Å²) in [6.45, 7) is 4.65. The zero-order valence-electron chi connectivity index (χ0n) is 21.4. The van der Waals surface area contributed by atoms with Gasteiger partial charge in [-0.25, -0.2) is 0 Å². The Hall–Kier alpha value is -2.40. The fourth-order valence-corrected chi connectivity index (χ4v) is 9.29. The van der Waals surface area contributed by atoms with Crippen LogP contribution in [0.15, 0.2) is 54.6 Å². The molecule has 2 nitrogen and oxygen atoms in total. The molecule has 0 heterocycles. The predicted octanol–water partition coefficient (Wildman–Crippen LogP) is 8.33. The third kappa shape index (κ3) is 3.78. The van der Waals surface area contributed by atoms with Crippen molar-refractivity contribution in [1.29, 1.82) is 5.26 Å². The monoisotopic (exact) mass is 465 g/mol. The summed E-state index contributed by atoms with van der Waals surface area (Å²) in [4.78, 5) is 13.8. The van der Waals surface area contributed by atoms with Crippen molar-refractivity contribution in [2.45, 2.75) is 71.6 Å². The Morgan fingerprint density at radius 3 is 2.26 bits per heavy atom. The number of rotatable bonds is 3. The Morgan fingerprint density at radius 1 is 0.800 bits per heavy atom. The van der Waals surface area contributed by atoms with Gasteiger partial charge in [-0.15, -0.1) is 0 Å². The van der Waals surface area contributed by atoms with Gasteiger partial charge in [-0.1, -0.05) is 61.5 Å². The first-order chi connectivity index (χ1) is 16.9. The lowest BCUT2D eigenvalue weighted by atomic mass is 9.48. The molecule has 4 saturated carbocycles. The van der Waals surface area contributed by atoms with Crippen LogP contribution in [-0.2, 0) is 0 Å². The second-order valence-corrected chi connectivity index (χ2v) is 12.8. The third-order valence-corrected chi connectivity index (χ3v) is 11.1. The number of fused-ring (bicyclic) bond motifs is 5. The Labute approximate surface area is 211 Å². The van der Waals surface area contributed by atoms with Gasteiger partial charge in [0, 0.05) is 11.5 Å². The molecule has 0 saturated heterocycles. The van der Waals surface area contributed by atoms with Gasteiger partial charge in [-0.05, 0) is 111 Å². The number of Topliss-reactive ketones (excluding diaryl/α,β-unsaturated/α-hetero) is 1. The maximum absolute atomic E-state index is 13.8. The minimum absolute atomic E-state index is 0.0991. The number of nitriles is 1. The topological polar surface area (TPSA) is 40.9 Å². The fourth-order valence-electron chi connectivity index (χ4n) is 9.29. The van der Waals surface area contributed by atoms with Gasteiger partial charge in [0.25, 0.3) is 0 Å². The molecule has 4 aliphatic rings. The summed E-state index contributed by atoms with van der Waals surface area (Å²) in [5.74, 6) is 4.44. The molecule has 2 aromatic carbocycles. The van der Waals surface area contributed by atoms with Gasteiger partial charge < -0.3 is 0 Å². The van der Waals surface area contributed by atoms with Crippen molar-refractivity contribution in [2.75, 3.05) is 0 Å². The highest BCUT2D eigenvalue weighted by Crippen LogP contribution is 2.65. The van der Waals surface area contributed by atoms with Crippen molar-refractivity contribution in [3.05, 3.63) is 60.2 Å². The Kier molecular flexibility index (Phi) is 5.67. The van der Waals surface area contributed by atoms with Crippen molar-refractivity contribution in [2.24, 2.45) is 46.3 Å². The normalized spacial score (nSPS) is 40.1. The van der Waals surface area contributed by atoms with Gasteiger partial charge in [-0.2, -0.15) is 5.26 Å². The van der Waals surface area contributed by atoms with E-state index < -0.39 is 0 Å². The predicted molar refractivity (Wildman–Crippen MR) is 141 cm³/mol. The average Bonchev–Trinajstić information content (AvgIpc) is 3.26. The molecule has 1 unspecified atom stereocenters. The first kappa shape index (κ1) is 23.0. The van der Waals surface area contributed by atoms with Crippen LogP contribution < -0.4 is 0 Å². The molecule has 4 fully saturated rings. The van der Waals surface area contributed by atoms with E-state index in [1.165, 1.54) is 49.7 Å². The fraction of sp³-hybridized carbons (Fsp3) is 0.576. The van der Waals surface area contributed by atoms with Crippen molar-refractivity contribution in [3.8, 4) is 17.2 Å². The van der Waals surface area contributed by atoms with Crippen LogP contribution in [0.3, 0.4) is 0 Å². The van der Waals surface area contributed by atoms with E-state index in [0.29, 0.717) is 11.7 Å². The number of hydrogen-bond donors (Lipinski definition) is 0. The molecular weight excluding hydrogens is 426 g/mol. The molecule has 0 aliphatic heterocycles. The van der Waals surface area contributed by atoms with Gasteiger partial charge in [0.05, 0.1) is 11.5 Å². The Bertz CT molecular complexity index is 1130. The zero-order chi connectivity index (χ0) is 24.2. The van der Waals surface area contributed by atoms with Crippen molar-refractivity contribution in [3.63, 3.8) is 0 Å². The highest BCUT2D eigenvalue weighted by atomic mass is 16.1. The van der Waals surface area contributed by atoms with Crippen LogP contribution in [-0.4, -0.2) is 5.78 Å². The van der Waals surface area contributed by atoms with E-state index in [1.807, 2.05) is 6.07 Å². The van der Waals surface area contributed by atoms with E-state index in [0.717, 1.165) is 48.5 Å². The standard InChI is InChI=1S/C33H39NO/c1-32(21-34)18-16-26-25(20-32)12-13-28-27(26)17-19-33(2)29(28)14-15-30(33)31(35)24-10-8-23(9-11-24)22-6-4-3-5-7-22/h3-11,25-30H,12-20H2,1-2H3/t25-,26+,27-,28?,29+,30-,32-,33+/m1/s1. The first-order valence-electron chi connectivity index (χ1n) is 14.0. The largest absolute Gasteiger partial charge is 0.294 e. The summed E-state index contributed by atoms with van der Waals surface area (Å²) in [7, 11) is 0. The van der Waals surface area contributed by atoms with E-state index in [4.69, 9.17) is 0 Å². The summed E-state index contributed by atoms with van der Waals surface area (Å²) in [5, 5.41) is 9.70. The molecule has 0 spiro atoms. The molecule has 0 amide bonds. The molecule has 35 heavy (non-hydrogen) atoms. The van der Waals surface area contributed by atoms with Crippen LogP contribution in [0, 0.1) is 57.7 Å². The van der Waals surface area contributed by atoms with Crippen LogP contribution in [0.2, 0.25) is 0 Å². The third-order valence-electron chi connectivity index (χ3n) is 11.1. The molecule has 0 aromatic heterocycles. The lowest BCUT2D eigenvalue weighted by Gasteiger charge is -2.56. The van der Waals surface area contributed by atoms with Crippen molar-refractivity contribution < 1.29 is 4.79 Å². The van der Waals surface area contributed by atoms with E-state index in [9.17, 15) is 10.1 Å².